The number of aliphatic carboxylic acids is 1. The summed E-state index contributed by atoms with van der Waals surface area (Å²) in [6.07, 6.45) is 2.85. The molecule has 1 rings (SSSR count). The summed E-state index contributed by atoms with van der Waals surface area (Å²) in [4.78, 5) is 13.4. The summed E-state index contributed by atoms with van der Waals surface area (Å²) in [5, 5.41) is 12.0. The van der Waals surface area contributed by atoms with Gasteiger partial charge >= 0.3 is 5.97 Å². The van der Waals surface area contributed by atoms with Crippen molar-refractivity contribution < 1.29 is 14.6 Å². The zero-order chi connectivity index (χ0) is 13.8. The van der Waals surface area contributed by atoms with Crippen LogP contribution in [0.4, 0.5) is 0 Å². The number of nitrogens with zero attached hydrogens (tertiary/aromatic N) is 1. The molecule has 5 heteroatoms. The molecule has 1 aliphatic rings. The maximum absolute atomic E-state index is 11.1. The Labute approximate surface area is 109 Å². The monoisotopic (exact) mass is 258 g/mol. The zero-order valence-corrected chi connectivity index (χ0v) is 11.9. The molecular formula is C13H26N2O3. The number of hydrogen-bond donors (Lipinski definition) is 2. The second kappa shape index (κ2) is 6.50. The maximum Gasteiger partial charge on any atom is 0.323 e. The Morgan fingerprint density at radius 1 is 1.61 bits per heavy atom. The van der Waals surface area contributed by atoms with E-state index in [4.69, 9.17) is 9.84 Å². The molecule has 1 fully saturated rings. The van der Waals surface area contributed by atoms with E-state index >= 15 is 0 Å². The molecule has 0 amide bonds. The van der Waals surface area contributed by atoms with Gasteiger partial charge in [0.25, 0.3) is 0 Å². The van der Waals surface area contributed by atoms with Gasteiger partial charge in [0.05, 0.1) is 6.10 Å². The lowest BCUT2D eigenvalue weighted by Gasteiger charge is -2.29. The van der Waals surface area contributed by atoms with E-state index in [0.29, 0.717) is 12.5 Å². The van der Waals surface area contributed by atoms with Gasteiger partial charge in [-0.15, -0.1) is 0 Å². The van der Waals surface area contributed by atoms with Crippen LogP contribution >= 0.6 is 0 Å². The minimum Gasteiger partial charge on any atom is -0.480 e. The Morgan fingerprint density at radius 2 is 2.28 bits per heavy atom. The summed E-state index contributed by atoms with van der Waals surface area (Å²) in [5.74, 6) is -0.787. The Balaban J connectivity index is 2.34. The summed E-state index contributed by atoms with van der Waals surface area (Å²) in [6.45, 7) is 5.57. The molecule has 106 valence electrons. The average Bonchev–Trinajstić information content (AvgIpc) is 2.74. The topological polar surface area (TPSA) is 61.8 Å². The van der Waals surface area contributed by atoms with Crippen molar-refractivity contribution in [1.82, 2.24) is 10.2 Å². The van der Waals surface area contributed by atoms with E-state index in [1.165, 1.54) is 0 Å². The van der Waals surface area contributed by atoms with E-state index in [2.05, 4.69) is 24.2 Å². The zero-order valence-electron chi connectivity index (χ0n) is 11.9. The lowest BCUT2D eigenvalue weighted by Crippen LogP contribution is -2.48. The van der Waals surface area contributed by atoms with Crippen molar-refractivity contribution in [2.24, 2.45) is 0 Å². The molecule has 5 nitrogen and oxygen atoms in total. The molecule has 0 bridgehead atoms. The smallest absolute Gasteiger partial charge is 0.323 e. The standard InChI is InChI=1S/C13H26N2O3/c1-10-11(6-9-18-10)15(4)8-5-7-13(2,14-3)12(16)17/h10-11,14H,5-9H2,1-4H3,(H,16,17). The maximum atomic E-state index is 11.1. The first-order valence-electron chi connectivity index (χ1n) is 6.65. The van der Waals surface area contributed by atoms with E-state index in [-0.39, 0.29) is 6.10 Å². The number of carbonyl (C=O) groups is 1. The van der Waals surface area contributed by atoms with Crippen LogP contribution in [0.2, 0.25) is 0 Å². The van der Waals surface area contributed by atoms with Crippen LogP contribution < -0.4 is 5.32 Å². The molecule has 0 spiro atoms. The average molecular weight is 258 g/mol. The molecule has 1 saturated heterocycles. The third-order valence-corrected chi connectivity index (χ3v) is 4.11. The van der Waals surface area contributed by atoms with E-state index in [0.717, 1.165) is 26.0 Å². The number of nitrogens with one attached hydrogen (secondary N) is 1. The highest BCUT2D eigenvalue weighted by Crippen LogP contribution is 2.19. The Bertz CT molecular complexity index is 285. The summed E-state index contributed by atoms with van der Waals surface area (Å²) in [5.41, 5.74) is -0.821. The number of ether oxygens (including phenoxy) is 1. The first-order valence-corrected chi connectivity index (χ1v) is 6.65. The Morgan fingerprint density at radius 3 is 2.72 bits per heavy atom. The van der Waals surface area contributed by atoms with Crippen LogP contribution in [0.3, 0.4) is 0 Å². The number of carboxylic acid groups (broad SMARTS) is 1. The van der Waals surface area contributed by atoms with Gasteiger partial charge in [0, 0.05) is 12.6 Å². The summed E-state index contributed by atoms with van der Waals surface area (Å²) in [6, 6.07) is 0.468. The van der Waals surface area contributed by atoms with Gasteiger partial charge in [-0.3, -0.25) is 4.79 Å². The molecule has 1 aliphatic heterocycles. The minimum absolute atomic E-state index is 0.283. The number of likely N-dealkylation sites (N-methyl/N-ethyl adjacent to an activating group) is 2. The van der Waals surface area contributed by atoms with Crippen LogP contribution in [-0.2, 0) is 9.53 Å². The molecule has 1 heterocycles. The van der Waals surface area contributed by atoms with E-state index < -0.39 is 11.5 Å². The SMILES string of the molecule is CNC(C)(CCCN(C)C1CCOC1C)C(=O)O. The first kappa shape index (κ1) is 15.4. The first-order chi connectivity index (χ1) is 8.40. The van der Waals surface area contributed by atoms with Gasteiger partial charge < -0.3 is 20.1 Å². The van der Waals surface area contributed by atoms with Gasteiger partial charge in [-0.05, 0) is 53.8 Å². The fraction of sp³-hybridized carbons (Fsp3) is 0.923. The highest BCUT2D eigenvalue weighted by molar-refractivity contribution is 5.78. The van der Waals surface area contributed by atoms with Crippen molar-refractivity contribution in [3.05, 3.63) is 0 Å². The predicted molar refractivity (Wildman–Crippen MR) is 70.8 cm³/mol. The van der Waals surface area contributed by atoms with Crippen LogP contribution in [0.1, 0.15) is 33.1 Å². The Hall–Kier alpha value is -0.650. The van der Waals surface area contributed by atoms with Gasteiger partial charge in [-0.25, -0.2) is 0 Å². The molecule has 0 aromatic heterocycles. The molecule has 0 aliphatic carbocycles. The largest absolute Gasteiger partial charge is 0.480 e. The highest BCUT2D eigenvalue weighted by atomic mass is 16.5. The van der Waals surface area contributed by atoms with Crippen LogP contribution in [0.5, 0.6) is 0 Å². The molecule has 2 N–H and O–H groups in total. The van der Waals surface area contributed by atoms with E-state index in [1.54, 1.807) is 14.0 Å². The van der Waals surface area contributed by atoms with Crippen LogP contribution in [-0.4, -0.2) is 60.9 Å². The van der Waals surface area contributed by atoms with Gasteiger partial charge in [0.1, 0.15) is 5.54 Å². The van der Waals surface area contributed by atoms with Crippen molar-refractivity contribution >= 4 is 5.97 Å². The van der Waals surface area contributed by atoms with Gasteiger partial charge in [0.15, 0.2) is 0 Å². The van der Waals surface area contributed by atoms with Crippen molar-refractivity contribution in [3.63, 3.8) is 0 Å². The van der Waals surface area contributed by atoms with Crippen molar-refractivity contribution in [2.75, 3.05) is 27.2 Å². The lowest BCUT2D eigenvalue weighted by molar-refractivity contribution is -0.144. The van der Waals surface area contributed by atoms with Crippen LogP contribution in [0, 0.1) is 0 Å². The molecule has 0 aromatic rings. The normalized spacial score (nSPS) is 27.4. The molecule has 18 heavy (non-hydrogen) atoms. The molecule has 0 aromatic carbocycles. The number of rotatable bonds is 7. The van der Waals surface area contributed by atoms with Crippen LogP contribution in [0.15, 0.2) is 0 Å². The Kier molecular flexibility index (Phi) is 5.56. The predicted octanol–water partition coefficient (Wildman–Crippen LogP) is 0.939. The second-order valence-electron chi connectivity index (χ2n) is 5.40. The summed E-state index contributed by atoms with van der Waals surface area (Å²) in [7, 11) is 3.79. The van der Waals surface area contributed by atoms with E-state index in [1.807, 2.05) is 0 Å². The molecule has 3 unspecified atom stereocenters. The molecule has 0 saturated carbocycles. The molecular weight excluding hydrogens is 232 g/mol. The lowest BCUT2D eigenvalue weighted by atomic mass is 9.96. The highest BCUT2D eigenvalue weighted by Gasteiger charge is 2.31. The van der Waals surface area contributed by atoms with Crippen molar-refractivity contribution in [2.45, 2.75) is 50.8 Å². The van der Waals surface area contributed by atoms with E-state index in [9.17, 15) is 4.79 Å². The second-order valence-corrected chi connectivity index (χ2v) is 5.40. The quantitative estimate of drug-likeness (QED) is 0.711. The summed E-state index contributed by atoms with van der Waals surface area (Å²) < 4.78 is 5.55. The number of carboxylic acids is 1. The molecule has 0 radical (unpaired) electrons. The minimum atomic E-state index is -0.821. The summed E-state index contributed by atoms with van der Waals surface area (Å²) >= 11 is 0. The van der Waals surface area contributed by atoms with Crippen molar-refractivity contribution in [1.29, 1.82) is 0 Å². The third kappa shape index (κ3) is 3.67. The third-order valence-electron chi connectivity index (χ3n) is 4.11. The fourth-order valence-corrected chi connectivity index (χ4v) is 2.49. The fourth-order valence-electron chi connectivity index (χ4n) is 2.49. The van der Waals surface area contributed by atoms with Gasteiger partial charge in [-0.1, -0.05) is 0 Å². The van der Waals surface area contributed by atoms with Gasteiger partial charge in [0.2, 0.25) is 0 Å². The van der Waals surface area contributed by atoms with Crippen LogP contribution in [0.25, 0.3) is 0 Å². The van der Waals surface area contributed by atoms with Crippen molar-refractivity contribution in [3.8, 4) is 0 Å². The van der Waals surface area contributed by atoms with Gasteiger partial charge in [-0.2, -0.15) is 0 Å². The molecule has 3 atom stereocenters. The number of hydrogen-bond acceptors (Lipinski definition) is 4.